The first-order valence-corrected chi connectivity index (χ1v) is 8.67. The molecule has 1 heterocycles. The van der Waals surface area contributed by atoms with Crippen LogP contribution in [0.5, 0.6) is 0 Å². The standard InChI is InChI=1S/C17H31N/c1-3-9-15(10-4-1)17(13-7-8-14-18-17)16-11-5-2-6-12-16/h15-16,18H,1-14H2. The molecule has 1 aliphatic heterocycles. The first-order valence-electron chi connectivity index (χ1n) is 8.67. The van der Waals surface area contributed by atoms with Crippen molar-refractivity contribution in [1.29, 1.82) is 0 Å². The third-order valence-corrected chi connectivity index (χ3v) is 6.14. The van der Waals surface area contributed by atoms with Gasteiger partial charge >= 0.3 is 0 Å². The number of nitrogens with one attached hydrogen (secondary N) is 1. The fraction of sp³-hybridized carbons (Fsp3) is 1.00. The summed E-state index contributed by atoms with van der Waals surface area (Å²) in [5, 5.41) is 4.07. The predicted octanol–water partition coefficient (Wildman–Crippen LogP) is 4.66. The Hall–Kier alpha value is -0.0400. The van der Waals surface area contributed by atoms with Crippen LogP contribution in [0.25, 0.3) is 0 Å². The van der Waals surface area contributed by atoms with E-state index in [0.717, 1.165) is 11.8 Å². The molecule has 104 valence electrons. The van der Waals surface area contributed by atoms with Gasteiger partial charge < -0.3 is 5.32 Å². The molecule has 18 heavy (non-hydrogen) atoms. The third kappa shape index (κ3) is 2.48. The van der Waals surface area contributed by atoms with E-state index in [1.54, 1.807) is 0 Å². The second-order valence-electron chi connectivity index (χ2n) is 7.09. The van der Waals surface area contributed by atoms with E-state index in [9.17, 15) is 0 Å². The highest BCUT2D eigenvalue weighted by molar-refractivity contribution is 5.02. The molecule has 0 aromatic rings. The molecule has 0 spiro atoms. The van der Waals surface area contributed by atoms with Crippen LogP contribution >= 0.6 is 0 Å². The van der Waals surface area contributed by atoms with Crippen molar-refractivity contribution in [1.82, 2.24) is 5.32 Å². The highest BCUT2D eigenvalue weighted by atomic mass is 15.0. The van der Waals surface area contributed by atoms with Gasteiger partial charge in [0.1, 0.15) is 0 Å². The zero-order chi connectivity index (χ0) is 12.3. The highest BCUT2D eigenvalue weighted by Crippen LogP contribution is 2.46. The Bertz CT molecular complexity index is 222. The molecule has 3 fully saturated rings. The summed E-state index contributed by atoms with van der Waals surface area (Å²) in [5.74, 6) is 2.02. The van der Waals surface area contributed by atoms with Crippen molar-refractivity contribution < 1.29 is 0 Å². The van der Waals surface area contributed by atoms with Crippen molar-refractivity contribution in [3.63, 3.8) is 0 Å². The maximum atomic E-state index is 4.07. The Labute approximate surface area is 113 Å². The fourth-order valence-electron chi connectivity index (χ4n) is 5.22. The zero-order valence-electron chi connectivity index (χ0n) is 12.1. The van der Waals surface area contributed by atoms with Crippen molar-refractivity contribution in [2.45, 2.75) is 89.0 Å². The molecule has 3 rings (SSSR count). The fourth-order valence-corrected chi connectivity index (χ4v) is 5.22. The average molecular weight is 249 g/mol. The van der Waals surface area contributed by atoms with Crippen LogP contribution in [-0.4, -0.2) is 12.1 Å². The first kappa shape index (κ1) is 13.0. The number of hydrogen-bond acceptors (Lipinski definition) is 1. The van der Waals surface area contributed by atoms with Gasteiger partial charge in [0.25, 0.3) is 0 Å². The Morgan fingerprint density at radius 2 is 1.17 bits per heavy atom. The van der Waals surface area contributed by atoms with Gasteiger partial charge in [-0.05, 0) is 56.9 Å². The lowest BCUT2D eigenvalue weighted by Gasteiger charge is -2.52. The van der Waals surface area contributed by atoms with Gasteiger partial charge in [0, 0.05) is 5.54 Å². The number of hydrogen-bond donors (Lipinski definition) is 1. The lowest BCUT2D eigenvalue weighted by atomic mass is 9.61. The molecule has 1 saturated heterocycles. The molecule has 0 atom stereocenters. The molecule has 1 N–H and O–H groups in total. The smallest absolute Gasteiger partial charge is 0.0237 e. The molecular formula is C17H31N. The molecule has 1 heteroatoms. The summed E-state index contributed by atoms with van der Waals surface area (Å²) in [6, 6.07) is 0. The second-order valence-corrected chi connectivity index (χ2v) is 7.09. The molecular weight excluding hydrogens is 218 g/mol. The van der Waals surface area contributed by atoms with Gasteiger partial charge in [-0.3, -0.25) is 0 Å². The molecule has 2 aliphatic carbocycles. The normalized spacial score (nSPS) is 31.3. The van der Waals surface area contributed by atoms with Crippen molar-refractivity contribution in [3.8, 4) is 0 Å². The topological polar surface area (TPSA) is 12.0 Å². The Morgan fingerprint density at radius 1 is 0.611 bits per heavy atom. The maximum Gasteiger partial charge on any atom is 0.0237 e. The molecule has 0 amide bonds. The Kier molecular flexibility index (Phi) is 4.28. The van der Waals surface area contributed by atoms with Crippen LogP contribution in [0.15, 0.2) is 0 Å². The van der Waals surface area contributed by atoms with Gasteiger partial charge in [0.2, 0.25) is 0 Å². The van der Waals surface area contributed by atoms with E-state index in [0.29, 0.717) is 5.54 Å². The summed E-state index contributed by atoms with van der Waals surface area (Å²) in [7, 11) is 0. The largest absolute Gasteiger partial charge is 0.311 e. The van der Waals surface area contributed by atoms with Crippen molar-refractivity contribution in [3.05, 3.63) is 0 Å². The van der Waals surface area contributed by atoms with Crippen LogP contribution in [0.4, 0.5) is 0 Å². The summed E-state index contributed by atoms with van der Waals surface area (Å²) in [5.41, 5.74) is 0.569. The molecule has 0 aromatic carbocycles. The van der Waals surface area contributed by atoms with Crippen molar-refractivity contribution >= 4 is 0 Å². The summed E-state index contributed by atoms with van der Waals surface area (Å²) >= 11 is 0. The van der Waals surface area contributed by atoms with E-state index in [1.165, 1.54) is 90.0 Å². The van der Waals surface area contributed by atoms with E-state index in [-0.39, 0.29) is 0 Å². The Balaban J connectivity index is 1.77. The van der Waals surface area contributed by atoms with Crippen LogP contribution in [0.2, 0.25) is 0 Å². The summed E-state index contributed by atoms with van der Waals surface area (Å²) in [6.45, 7) is 1.30. The van der Waals surface area contributed by atoms with Crippen LogP contribution in [-0.2, 0) is 0 Å². The maximum absolute atomic E-state index is 4.07. The van der Waals surface area contributed by atoms with Gasteiger partial charge in [-0.2, -0.15) is 0 Å². The van der Waals surface area contributed by atoms with Gasteiger partial charge in [-0.1, -0.05) is 44.9 Å². The molecule has 0 bridgehead atoms. The molecule has 2 saturated carbocycles. The third-order valence-electron chi connectivity index (χ3n) is 6.14. The summed E-state index contributed by atoms with van der Waals surface area (Å²) in [4.78, 5) is 0. The zero-order valence-corrected chi connectivity index (χ0v) is 12.1. The molecule has 0 unspecified atom stereocenters. The summed E-state index contributed by atoms with van der Waals surface area (Å²) in [6.07, 6.45) is 19.5. The minimum absolute atomic E-state index is 0.569. The molecule has 3 aliphatic rings. The first-order chi connectivity index (χ1) is 8.92. The van der Waals surface area contributed by atoms with Gasteiger partial charge in [0.05, 0.1) is 0 Å². The van der Waals surface area contributed by atoms with Crippen LogP contribution in [0.1, 0.15) is 83.5 Å². The quantitative estimate of drug-likeness (QED) is 0.750. The number of piperidine rings is 1. The van der Waals surface area contributed by atoms with Crippen LogP contribution in [0, 0.1) is 11.8 Å². The van der Waals surface area contributed by atoms with Gasteiger partial charge in [-0.15, -0.1) is 0 Å². The predicted molar refractivity (Wildman–Crippen MR) is 77.7 cm³/mol. The lowest BCUT2D eigenvalue weighted by molar-refractivity contribution is 0.0441. The van der Waals surface area contributed by atoms with Gasteiger partial charge in [0.15, 0.2) is 0 Å². The highest BCUT2D eigenvalue weighted by Gasteiger charge is 2.45. The minimum Gasteiger partial charge on any atom is -0.311 e. The lowest BCUT2D eigenvalue weighted by Crippen LogP contribution is -2.59. The molecule has 1 nitrogen and oxygen atoms in total. The van der Waals surface area contributed by atoms with Crippen LogP contribution in [0.3, 0.4) is 0 Å². The van der Waals surface area contributed by atoms with E-state index >= 15 is 0 Å². The van der Waals surface area contributed by atoms with E-state index < -0.39 is 0 Å². The van der Waals surface area contributed by atoms with Crippen molar-refractivity contribution in [2.24, 2.45) is 11.8 Å². The summed E-state index contributed by atoms with van der Waals surface area (Å²) < 4.78 is 0. The minimum atomic E-state index is 0.569. The average Bonchev–Trinajstić information content (AvgIpc) is 2.50. The van der Waals surface area contributed by atoms with Crippen molar-refractivity contribution in [2.75, 3.05) is 6.54 Å². The van der Waals surface area contributed by atoms with Gasteiger partial charge in [-0.25, -0.2) is 0 Å². The SMILES string of the molecule is C1CCC(C2(C3CCCCC3)CCCCN2)CC1. The monoisotopic (exact) mass is 249 g/mol. The Morgan fingerprint density at radius 3 is 1.61 bits per heavy atom. The van der Waals surface area contributed by atoms with E-state index in [2.05, 4.69) is 5.32 Å². The van der Waals surface area contributed by atoms with E-state index in [4.69, 9.17) is 0 Å². The van der Waals surface area contributed by atoms with Crippen LogP contribution < -0.4 is 5.32 Å². The molecule has 0 aromatic heterocycles. The second kappa shape index (κ2) is 5.94. The number of rotatable bonds is 2. The van der Waals surface area contributed by atoms with E-state index in [1.807, 2.05) is 0 Å². The molecule has 0 radical (unpaired) electrons.